The van der Waals surface area contributed by atoms with Gasteiger partial charge in [-0.25, -0.2) is 0 Å². The molecule has 0 radical (unpaired) electrons. The van der Waals surface area contributed by atoms with Crippen molar-refractivity contribution in [3.8, 4) is 5.75 Å². The van der Waals surface area contributed by atoms with Crippen LogP contribution in [0.25, 0.3) is 17.0 Å². The molecule has 0 aliphatic heterocycles. The fourth-order valence-corrected chi connectivity index (χ4v) is 2.47. The summed E-state index contributed by atoms with van der Waals surface area (Å²) in [5.41, 5.74) is 3.11. The first-order valence-electron chi connectivity index (χ1n) is 6.74. The Labute approximate surface area is 122 Å². The van der Waals surface area contributed by atoms with Gasteiger partial charge in [-0.15, -0.1) is 0 Å². The molecule has 0 aliphatic carbocycles. The molecule has 1 aromatic heterocycles. The van der Waals surface area contributed by atoms with Crippen molar-refractivity contribution in [1.82, 2.24) is 4.98 Å². The maximum absolute atomic E-state index is 12.4. The lowest BCUT2D eigenvalue weighted by molar-refractivity contribution is 0.104. The number of ketones is 1. The first kappa shape index (κ1) is 13.2. The zero-order chi connectivity index (χ0) is 14.8. The third-order valence-corrected chi connectivity index (χ3v) is 3.49. The number of H-pyrrole nitrogens is 1. The quantitative estimate of drug-likeness (QED) is 0.560. The Bertz CT molecular complexity index is 843. The number of allylic oxidation sites excluding steroid dienone is 1. The number of fused-ring (bicyclic) bond motifs is 1. The standard InChI is InChI=1S/C18H15NO2/c1-12-18(14-7-3-4-8-15(14)19-12)17(21)11-10-13-6-2-5-9-16(13)20/h2-11,19-20H,1H3/b11-10+. The minimum atomic E-state index is -0.0757. The number of rotatable bonds is 3. The van der Waals surface area contributed by atoms with Crippen molar-refractivity contribution >= 4 is 22.8 Å². The smallest absolute Gasteiger partial charge is 0.188 e. The largest absolute Gasteiger partial charge is 0.507 e. The van der Waals surface area contributed by atoms with Crippen LogP contribution < -0.4 is 0 Å². The van der Waals surface area contributed by atoms with Crippen LogP contribution >= 0.6 is 0 Å². The number of para-hydroxylation sites is 2. The van der Waals surface area contributed by atoms with Crippen LogP contribution in [0.4, 0.5) is 0 Å². The summed E-state index contributed by atoms with van der Waals surface area (Å²) in [5.74, 6) is 0.0883. The summed E-state index contributed by atoms with van der Waals surface area (Å²) in [5, 5.41) is 10.6. The Kier molecular flexibility index (Phi) is 3.32. The molecule has 3 heteroatoms. The van der Waals surface area contributed by atoms with Gasteiger partial charge in [0.25, 0.3) is 0 Å². The summed E-state index contributed by atoms with van der Waals surface area (Å²) >= 11 is 0. The number of hydrogen-bond donors (Lipinski definition) is 2. The number of aromatic nitrogens is 1. The molecule has 0 saturated heterocycles. The normalized spacial score (nSPS) is 11.3. The van der Waals surface area contributed by atoms with Crippen LogP contribution in [0.15, 0.2) is 54.6 Å². The number of benzene rings is 2. The van der Waals surface area contributed by atoms with E-state index in [0.717, 1.165) is 16.6 Å². The molecule has 2 aromatic carbocycles. The van der Waals surface area contributed by atoms with Crippen LogP contribution in [0.5, 0.6) is 5.75 Å². The molecule has 0 atom stereocenters. The lowest BCUT2D eigenvalue weighted by Crippen LogP contribution is -1.95. The van der Waals surface area contributed by atoms with E-state index < -0.39 is 0 Å². The Balaban J connectivity index is 1.98. The van der Waals surface area contributed by atoms with Gasteiger partial charge in [0.15, 0.2) is 5.78 Å². The van der Waals surface area contributed by atoms with Gasteiger partial charge < -0.3 is 10.1 Å². The molecule has 3 rings (SSSR count). The highest BCUT2D eigenvalue weighted by Gasteiger charge is 2.13. The van der Waals surface area contributed by atoms with Crippen molar-refractivity contribution in [3.05, 3.63) is 71.4 Å². The van der Waals surface area contributed by atoms with E-state index in [9.17, 15) is 9.90 Å². The van der Waals surface area contributed by atoms with Gasteiger partial charge in [-0.3, -0.25) is 4.79 Å². The molecule has 0 amide bonds. The fraction of sp³-hybridized carbons (Fsp3) is 0.0556. The lowest BCUT2D eigenvalue weighted by Gasteiger charge is -1.98. The van der Waals surface area contributed by atoms with Gasteiger partial charge in [0.05, 0.1) is 5.56 Å². The molecule has 0 spiro atoms. The van der Waals surface area contributed by atoms with Crippen molar-refractivity contribution in [2.75, 3.05) is 0 Å². The maximum Gasteiger partial charge on any atom is 0.188 e. The van der Waals surface area contributed by atoms with Gasteiger partial charge in [0.1, 0.15) is 5.75 Å². The number of hydrogen-bond acceptors (Lipinski definition) is 2. The molecular weight excluding hydrogens is 262 g/mol. The third-order valence-electron chi connectivity index (χ3n) is 3.49. The number of phenolic OH excluding ortho intramolecular Hbond substituents is 1. The molecule has 3 aromatic rings. The van der Waals surface area contributed by atoms with Crippen LogP contribution in [0.3, 0.4) is 0 Å². The molecule has 0 fully saturated rings. The molecule has 2 N–H and O–H groups in total. The van der Waals surface area contributed by atoms with E-state index in [-0.39, 0.29) is 11.5 Å². The lowest BCUT2D eigenvalue weighted by atomic mass is 10.1. The first-order valence-corrected chi connectivity index (χ1v) is 6.74. The van der Waals surface area contributed by atoms with E-state index in [2.05, 4.69) is 4.98 Å². The van der Waals surface area contributed by atoms with Crippen molar-refractivity contribution in [1.29, 1.82) is 0 Å². The average molecular weight is 277 g/mol. The molecule has 104 valence electrons. The Hall–Kier alpha value is -2.81. The van der Waals surface area contributed by atoms with E-state index in [1.54, 1.807) is 24.3 Å². The third kappa shape index (κ3) is 2.46. The molecule has 1 heterocycles. The van der Waals surface area contributed by atoms with Gasteiger partial charge in [-0.05, 0) is 31.2 Å². The second kappa shape index (κ2) is 5.29. The van der Waals surface area contributed by atoms with Gasteiger partial charge in [0, 0.05) is 22.2 Å². The molecule has 21 heavy (non-hydrogen) atoms. The predicted octanol–water partition coefficient (Wildman–Crippen LogP) is 4.08. The molecule has 0 aliphatic rings. The molecular formula is C18H15NO2. The number of aromatic hydroxyl groups is 1. The van der Waals surface area contributed by atoms with Gasteiger partial charge in [-0.2, -0.15) is 0 Å². The van der Waals surface area contributed by atoms with Crippen LogP contribution in [-0.2, 0) is 0 Å². The van der Waals surface area contributed by atoms with E-state index in [1.807, 2.05) is 37.3 Å². The number of phenols is 1. The molecule has 0 unspecified atom stereocenters. The van der Waals surface area contributed by atoms with Gasteiger partial charge in [-0.1, -0.05) is 36.4 Å². The fourth-order valence-electron chi connectivity index (χ4n) is 2.47. The summed E-state index contributed by atoms with van der Waals surface area (Å²) in [6.07, 6.45) is 3.14. The zero-order valence-electron chi connectivity index (χ0n) is 11.6. The Morgan fingerprint density at radius 2 is 1.81 bits per heavy atom. The number of carbonyl (C=O) groups excluding carboxylic acids is 1. The van der Waals surface area contributed by atoms with Crippen molar-refractivity contribution in [3.63, 3.8) is 0 Å². The van der Waals surface area contributed by atoms with E-state index >= 15 is 0 Å². The molecule has 3 nitrogen and oxygen atoms in total. The summed E-state index contributed by atoms with van der Waals surface area (Å²) in [6, 6.07) is 14.7. The number of nitrogens with one attached hydrogen (secondary N) is 1. The second-order valence-electron chi connectivity index (χ2n) is 4.93. The second-order valence-corrected chi connectivity index (χ2v) is 4.93. The van der Waals surface area contributed by atoms with Gasteiger partial charge >= 0.3 is 0 Å². The van der Waals surface area contributed by atoms with Gasteiger partial charge in [0.2, 0.25) is 0 Å². The predicted molar refractivity (Wildman–Crippen MR) is 84.5 cm³/mol. The zero-order valence-corrected chi connectivity index (χ0v) is 11.6. The number of aryl methyl sites for hydroxylation is 1. The van der Waals surface area contributed by atoms with Crippen LogP contribution in [0.2, 0.25) is 0 Å². The average Bonchev–Trinajstić information content (AvgIpc) is 2.82. The topological polar surface area (TPSA) is 53.1 Å². The molecule has 0 saturated carbocycles. The SMILES string of the molecule is Cc1[nH]c2ccccc2c1C(=O)/C=C/c1ccccc1O. The summed E-state index contributed by atoms with van der Waals surface area (Å²) in [6.45, 7) is 1.89. The minimum absolute atomic E-state index is 0.0757. The van der Waals surface area contributed by atoms with Crippen LogP contribution in [0, 0.1) is 6.92 Å². The molecule has 0 bridgehead atoms. The number of carbonyl (C=O) groups is 1. The van der Waals surface area contributed by atoms with Crippen LogP contribution in [-0.4, -0.2) is 15.9 Å². The van der Waals surface area contributed by atoms with Crippen molar-refractivity contribution in [2.24, 2.45) is 0 Å². The van der Waals surface area contributed by atoms with E-state index in [4.69, 9.17) is 0 Å². The van der Waals surface area contributed by atoms with E-state index in [1.165, 1.54) is 6.08 Å². The van der Waals surface area contributed by atoms with Crippen molar-refractivity contribution in [2.45, 2.75) is 6.92 Å². The minimum Gasteiger partial charge on any atom is -0.507 e. The van der Waals surface area contributed by atoms with Crippen molar-refractivity contribution < 1.29 is 9.90 Å². The maximum atomic E-state index is 12.4. The highest BCUT2D eigenvalue weighted by atomic mass is 16.3. The highest BCUT2D eigenvalue weighted by molar-refractivity contribution is 6.15. The highest BCUT2D eigenvalue weighted by Crippen LogP contribution is 2.23. The summed E-state index contributed by atoms with van der Waals surface area (Å²) < 4.78 is 0. The summed E-state index contributed by atoms with van der Waals surface area (Å²) in [7, 11) is 0. The Morgan fingerprint density at radius 1 is 1.10 bits per heavy atom. The first-order chi connectivity index (χ1) is 10.2. The number of aromatic amines is 1. The Morgan fingerprint density at radius 3 is 2.62 bits per heavy atom. The van der Waals surface area contributed by atoms with E-state index in [0.29, 0.717) is 11.1 Å². The summed E-state index contributed by atoms with van der Waals surface area (Å²) in [4.78, 5) is 15.7. The monoisotopic (exact) mass is 277 g/mol. The van der Waals surface area contributed by atoms with Crippen LogP contribution in [0.1, 0.15) is 21.6 Å².